The Kier molecular flexibility index (Phi) is 3.06. The summed E-state index contributed by atoms with van der Waals surface area (Å²) in [6, 6.07) is 1.10. The highest BCUT2D eigenvalue weighted by Crippen LogP contribution is 2.41. The first kappa shape index (κ1) is 11.1. The maximum atomic E-state index is 9.24. The molecular weight excluding hydrogens is 210 g/mol. The molecule has 1 saturated heterocycles. The largest absolute Gasteiger partial charge is 0.396 e. The molecule has 1 fully saturated rings. The van der Waals surface area contributed by atoms with E-state index in [1.807, 2.05) is 0 Å². The van der Waals surface area contributed by atoms with Gasteiger partial charge >= 0.3 is 0 Å². The number of aliphatic hydroxyl groups excluding tert-OH is 1. The molecule has 2 aliphatic heterocycles. The molecule has 0 amide bonds. The fourth-order valence-electron chi connectivity index (χ4n) is 3.73. The van der Waals surface area contributed by atoms with Crippen LogP contribution in [-0.4, -0.2) is 28.7 Å². The number of piperidine rings is 1. The number of rotatable bonds is 2. The lowest BCUT2D eigenvalue weighted by molar-refractivity contribution is 0.0566. The third-order valence-electron chi connectivity index (χ3n) is 4.52. The van der Waals surface area contributed by atoms with Gasteiger partial charge in [0, 0.05) is 18.8 Å². The summed E-state index contributed by atoms with van der Waals surface area (Å²) in [5.74, 6) is 1.42. The van der Waals surface area contributed by atoms with Gasteiger partial charge < -0.3 is 10.0 Å². The van der Waals surface area contributed by atoms with E-state index < -0.39 is 0 Å². The van der Waals surface area contributed by atoms with Gasteiger partial charge in [-0.2, -0.15) is 0 Å². The van der Waals surface area contributed by atoms with Crippen molar-refractivity contribution in [3.63, 3.8) is 0 Å². The first-order valence-electron chi connectivity index (χ1n) is 6.80. The lowest BCUT2D eigenvalue weighted by atomic mass is 9.71. The van der Waals surface area contributed by atoms with E-state index >= 15 is 0 Å². The van der Waals surface area contributed by atoms with Gasteiger partial charge in [-0.3, -0.25) is 0 Å². The minimum atomic E-state index is 0.337. The molecule has 17 heavy (non-hydrogen) atoms. The van der Waals surface area contributed by atoms with Crippen molar-refractivity contribution in [2.45, 2.75) is 37.8 Å². The Labute approximate surface area is 103 Å². The second-order valence-corrected chi connectivity index (χ2v) is 5.41. The van der Waals surface area contributed by atoms with Gasteiger partial charge in [-0.05, 0) is 43.6 Å². The molecule has 92 valence electrons. The zero-order chi connectivity index (χ0) is 11.7. The highest BCUT2D eigenvalue weighted by molar-refractivity contribution is 5.20. The van der Waals surface area contributed by atoms with Crippen LogP contribution in [-0.2, 0) is 0 Å². The molecule has 3 rings (SSSR count). The van der Waals surface area contributed by atoms with Crippen molar-refractivity contribution >= 4 is 0 Å². The summed E-state index contributed by atoms with van der Waals surface area (Å²) < 4.78 is 0. The zero-order valence-electron chi connectivity index (χ0n) is 10.2. The third kappa shape index (κ3) is 1.95. The van der Waals surface area contributed by atoms with Crippen LogP contribution in [0.5, 0.6) is 0 Å². The number of hydrogen-bond donors (Lipinski definition) is 1. The molecule has 4 atom stereocenters. The van der Waals surface area contributed by atoms with Crippen LogP contribution in [0.1, 0.15) is 25.7 Å². The first-order valence-corrected chi connectivity index (χ1v) is 6.80. The molecule has 0 radical (unpaired) electrons. The number of allylic oxidation sites excluding steroid dienone is 3. The van der Waals surface area contributed by atoms with Gasteiger partial charge in [0.1, 0.15) is 0 Å². The number of aliphatic hydroxyl groups is 1. The van der Waals surface area contributed by atoms with Crippen molar-refractivity contribution in [1.82, 2.24) is 4.90 Å². The summed E-state index contributed by atoms with van der Waals surface area (Å²) in [5.41, 5.74) is 0. The Morgan fingerprint density at radius 1 is 1.24 bits per heavy atom. The van der Waals surface area contributed by atoms with E-state index in [9.17, 15) is 5.11 Å². The average molecular weight is 231 g/mol. The van der Waals surface area contributed by atoms with E-state index in [2.05, 4.69) is 41.5 Å². The number of hydrogen-bond acceptors (Lipinski definition) is 2. The van der Waals surface area contributed by atoms with Gasteiger partial charge in [-0.1, -0.05) is 24.3 Å². The van der Waals surface area contributed by atoms with Crippen LogP contribution in [0.4, 0.5) is 0 Å². The van der Waals surface area contributed by atoms with Crippen molar-refractivity contribution in [3.8, 4) is 0 Å². The average Bonchev–Trinajstić information content (AvgIpc) is 2.39. The van der Waals surface area contributed by atoms with Crippen LogP contribution < -0.4 is 0 Å². The van der Waals surface area contributed by atoms with Crippen molar-refractivity contribution in [1.29, 1.82) is 0 Å². The molecule has 3 aliphatic rings. The Morgan fingerprint density at radius 2 is 2.18 bits per heavy atom. The molecule has 0 saturated carbocycles. The normalized spacial score (nSPS) is 39.0. The van der Waals surface area contributed by atoms with Crippen molar-refractivity contribution in [2.75, 3.05) is 6.61 Å². The molecule has 2 heterocycles. The van der Waals surface area contributed by atoms with E-state index in [4.69, 9.17) is 0 Å². The smallest absolute Gasteiger partial charge is 0.0504 e. The van der Waals surface area contributed by atoms with E-state index in [-0.39, 0.29) is 0 Å². The molecule has 1 aliphatic carbocycles. The summed E-state index contributed by atoms with van der Waals surface area (Å²) in [5, 5.41) is 9.24. The fraction of sp³-hybridized carbons (Fsp3) is 0.600. The van der Waals surface area contributed by atoms with Crippen molar-refractivity contribution < 1.29 is 5.11 Å². The minimum Gasteiger partial charge on any atom is -0.396 e. The Hall–Kier alpha value is -1.02. The van der Waals surface area contributed by atoms with Gasteiger partial charge in [-0.25, -0.2) is 0 Å². The fourth-order valence-corrected chi connectivity index (χ4v) is 3.73. The van der Waals surface area contributed by atoms with Crippen LogP contribution in [0.2, 0.25) is 0 Å². The number of nitrogens with zero attached hydrogens (tertiary/aromatic N) is 1. The minimum absolute atomic E-state index is 0.337. The lowest BCUT2D eigenvalue weighted by Crippen LogP contribution is -2.51. The van der Waals surface area contributed by atoms with Gasteiger partial charge in [0.15, 0.2) is 0 Å². The quantitative estimate of drug-likeness (QED) is 0.738. The van der Waals surface area contributed by atoms with E-state index in [0.29, 0.717) is 24.6 Å². The molecule has 4 unspecified atom stereocenters. The monoisotopic (exact) mass is 231 g/mol. The summed E-state index contributed by atoms with van der Waals surface area (Å²) in [4.78, 5) is 2.51. The highest BCUT2D eigenvalue weighted by Gasteiger charge is 2.40. The Morgan fingerprint density at radius 3 is 3.06 bits per heavy atom. The molecule has 0 bridgehead atoms. The molecule has 0 spiro atoms. The van der Waals surface area contributed by atoms with Gasteiger partial charge in [0.2, 0.25) is 0 Å². The second kappa shape index (κ2) is 4.69. The topological polar surface area (TPSA) is 23.5 Å². The summed E-state index contributed by atoms with van der Waals surface area (Å²) in [6.45, 7) is 0.337. The molecular formula is C15H21NO. The van der Waals surface area contributed by atoms with Crippen molar-refractivity contribution in [2.24, 2.45) is 11.8 Å². The number of fused-ring (bicyclic) bond motifs is 3. The summed E-state index contributed by atoms with van der Waals surface area (Å²) in [7, 11) is 0. The van der Waals surface area contributed by atoms with Crippen LogP contribution in [0.3, 0.4) is 0 Å². The predicted molar refractivity (Wildman–Crippen MR) is 69.4 cm³/mol. The zero-order valence-corrected chi connectivity index (χ0v) is 10.2. The van der Waals surface area contributed by atoms with Crippen LogP contribution in [0.15, 0.2) is 36.6 Å². The molecule has 0 aromatic carbocycles. The third-order valence-corrected chi connectivity index (χ3v) is 4.52. The summed E-state index contributed by atoms with van der Waals surface area (Å²) in [6.07, 6.45) is 18.2. The maximum Gasteiger partial charge on any atom is 0.0504 e. The van der Waals surface area contributed by atoms with Crippen LogP contribution in [0, 0.1) is 11.8 Å². The molecule has 1 N–H and O–H groups in total. The van der Waals surface area contributed by atoms with E-state index in [0.717, 1.165) is 12.3 Å². The summed E-state index contributed by atoms with van der Waals surface area (Å²) >= 11 is 0. The first-order chi connectivity index (χ1) is 8.40. The van der Waals surface area contributed by atoms with E-state index in [1.54, 1.807) is 0 Å². The van der Waals surface area contributed by atoms with E-state index in [1.165, 1.54) is 19.3 Å². The van der Waals surface area contributed by atoms with Crippen LogP contribution in [0.25, 0.3) is 0 Å². The van der Waals surface area contributed by atoms with Gasteiger partial charge in [-0.15, -0.1) is 0 Å². The lowest BCUT2D eigenvalue weighted by Gasteiger charge is -2.50. The predicted octanol–water partition coefficient (Wildman–Crippen LogP) is 2.48. The molecule has 2 nitrogen and oxygen atoms in total. The maximum absolute atomic E-state index is 9.24. The van der Waals surface area contributed by atoms with Crippen LogP contribution >= 0.6 is 0 Å². The SMILES string of the molecule is OCCC1CC2C=CC=CN2C2C=CCCC12. The molecule has 2 heteroatoms. The van der Waals surface area contributed by atoms with Crippen molar-refractivity contribution in [3.05, 3.63) is 36.6 Å². The standard InChI is InChI=1S/C15H21NO/c17-10-8-12-11-13-5-3-4-9-16(13)15-7-2-1-6-14(12)15/h2-5,7,9,12-15,17H,1,6,8,10-11H2. The van der Waals surface area contributed by atoms with Gasteiger partial charge in [0.05, 0.1) is 6.04 Å². The second-order valence-electron chi connectivity index (χ2n) is 5.41. The molecule has 0 aromatic rings. The highest BCUT2D eigenvalue weighted by atomic mass is 16.3. The van der Waals surface area contributed by atoms with Gasteiger partial charge in [0.25, 0.3) is 0 Å². The Bertz CT molecular complexity index is 358. The Balaban J connectivity index is 1.86. The molecule has 0 aromatic heterocycles.